The first-order chi connectivity index (χ1) is 6.81. The molecule has 1 heterocycles. The van der Waals surface area contributed by atoms with E-state index >= 15 is 0 Å². The first-order valence-corrected chi connectivity index (χ1v) is 4.90. The van der Waals surface area contributed by atoms with Crippen molar-refractivity contribution >= 4 is 0 Å². The van der Waals surface area contributed by atoms with E-state index < -0.39 is 0 Å². The second-order valence-electron chi connectivity index (χ2n) is 3.36. The maximum absolute atomic E-state index is 4.20. The number of benzene rings is 1. The predicted octanol–water partition coefficient (Wildman–Crippen LogP) is 2.74. The summed E-state index contributed by atoms with van der Waals surface area (Å²) in [5.41, 5.74) is 2.55. The highest BCUT2D eigenvalue weighted by atomic mass is 15.1. The van der Waals surface area contributed by atoms with Gasteiger partial charge in [-0.05, 0) is 31.0 Å². The molecule has 72 valence electrons. The highest BCUT2D eigenvalue weighted by molar-refractivity contribution is 5.35. The van der Waals surface area contributed by atoms with E-state index in [1.807, 2.05) is 19.3 Å². The molecule has 0 aliphatic heterocycles. The van der Waals surface area contributed by atoms with Gasteiger partial charge >= 0.3 is 0 Å². The number of imidazole rings is 1. The third-order valence-electron chi connectivity index (χ3n) is 2.45. The molecule has 0 spiro atoms. The Morgan fingerprint density at radius 2 is 1.93 bits per heavy atom. The Hall–Kier alpha value is -1.57. The molecular weight excluding hydrogens is 172 g/mol. The van der Waals surface area contributed by atoms with Crippen LogP contribution in [0.25, 0.3) is 5.69 Å². The van der Waals surface area contributed by atoms with Crippen molar-refractivity contribution < 1.29 is 0 Å². The largest absolute Gasteiger partial charge is 0.304 e. The lowest BCUT2D eigenvalue weighted by Gasteiger charge is -2.05. The summed E-state index contributed by atoms with van der Waals surface area (Å²) in [5, 5.41) is 0. The van der Waals surface area contributed by atoms with Gasteiger partial charge in [0.1, 0.15) is 5.82 Å². The van der Waals surface area contributed by atoms with Gasteiger partial charge in [0.05, 0.1) is 0 Å². The fourth-order valence-corrected chi connectivity index (χ4v) is 1.54. The molecule has 0 aliphatic carbocycles. The van der Waals surface area contributed by atoms with Gasteiger partial charge in [-0.1, -0.05) is 19.1 Å². The molecule has 1 aromatic carbocycles. The maximum Gasteiger partial charge on any atom is 0.110 e. The fraction of sp³-hybridized carbons (Fsp3) is 0.250. The van der Waals surface area contributed by atoms with E-state index in [4.69, 9.17) is 0 Å². The lowest BCUT2D eigenvalue weighted by molar-refractivity contribution is 0.972. The topological polar surface area (TPSA) is 17.8 Å². The van der Waals surface area contributed by atoms with Crippen LogP contribution in [0.5, 0.6) is 0 Å². The van der Waals surface area contributed by atoms with Crippen LogP contribution in [0.3, 0.4) is 0 Å². The van der Waals surface area contributed by atoms with Gasteiger partial charge in [-0.3, -0.25) is 0 Å². The van der Waals surface area contributed by atoms with Gasteiger partial charge < -0.3 is 4.57 Å². The van der Waals surface area contributed by atoms with Crippen molar-refractivity contribution in [1.82, 2.24) is 9.55 Å². The molecule has 0 amide bonds. The van der Waals surface area contributed by atoms with Gasteiger partial charge in [0, 0.05) is 18.1 Å². The van der Waals surface area contributed by atoms with E-state index in [2.05, 4.69) is 40.7 Å². The first kappa shape index (κ1) is 9.00. The van der Waals surface area contributed by atoms with Gasteiger partial charge in [0.15, 0.2) is 0 Å². The highest BCUT2D eigenvalue weighted by Crippen LogP contribution is 2.11. The summed E-state index contributed by atoms with van der Waals surface area (Å²) in [6.07, 6.45) is 4.89. The summed E-state index contributed by atoms with van der Waals surface area (Å²) >= 11 is 0. The molecule has 2 aromatic rings. The minimum Gasteiger partial charge on any atom is -0.304 e. The fourth-order valence-electron chi connectivity index (χ4n) is 1.54. The number of aromatic nitrogens is 2. The molecule has 2 heteroatoms. The van der Waals surface area contributed by atoms with Crippen LogP contribution in [-0.2, 0) is 6.42 Å². The van der Waals surface area contributed by atoms with Crippen LogP contribution < -0.4 is 0 Å². The summed E-state index contributed by atoms with van der Waals surface area (Å²) in [6.45, 7) is 4.17. The molecule has 0 aliphatic rings. The standard InChI is InChI=1S/C12H14N2/c1-3-11-4-6-12(7-5-11)14-9-8-13-10(14)2/h4-9H,3H2,1-2H3. The Kier molecular flexibility index (Phi) is 2.35. The monoisotopic (exact) mass is 186 g/mol. The average molecular weight is 186 g/mol. The van der Waals surface area contributed by atoms with Crippen molar-refractivity contribution in [3.63, 3.8) is 0 Å². The van der Waals surface area contributed by atoms with Crippen LogP contribution in [0.4, 0.5) is 0 Å². The van der Waals surface area contributed by atoms with E-state index in [9.17, 15) is 0 Å². The third kappa shape index (κ3) is 1.55. The maximum atomic E-state index is 4.20. The summed E-state index contributed by atoms with van der Waals surface area (Å²) < 4.78 is 2.08. The van der Waals surface area contributed by atoms with Gasteiger partial charge in [0.25, 0.3) is 0 Å². The second-order valence-corrected chi connectivity index (χ2v) is 3.36. The Labute approximate surface area is 84.2 Å². The number of hydrogen-bond donors (Lipinski definition) is 0. The van der Waals surface area contributed by atoms with Gasteiger partial charge in [0.2, 0.25) is 0 Å². The molecule has 14 heavy (non-hydrogen) atoms. The zero-order chi connectivity index (χ0) is 9.97. The van der Waals surface area contributed by atoms with Crippen LogP contribution in [0.2, 0.25) is 0 Å². The van der Waals surface area contributed by atoms with Crippen LogP contribution in [-0.4, -0.2) is 9.55 Å². The molecule has 2 rings (SSSR count). The molecule has 0 radical (unpaired) electrons. The lowest BCUT2D eigenvalue weighted by atomic mass is 10.1. The molecule has 0 N–H and O–H groups in total. The minimum atomic E-state index is 1.02. The number of hydrogen-bond acceptors (Lipinski definition) is 1. The van der Waals surface area contributed by atoms with Gasteiger partial charge in [-0.15, -0.1) is 0 Å². The molecule has 0 atom stereocenters. The third-order valence-corrected chi connectivity index (χ3v) is 2.45. The summed E-state index contributed by atoms with van der Waals surface area (Å²) in [6, 6.07) is 8.59. The molecule has 0 bridgehead atoms. The Morgan fingerprint density at radius 1 is 1.21 bits per heavy atom. The number of rotatable bonds is 2. The van der Waals surface area contributed by atoms with Crippen molar-refractivity contribution in [2.45, 2.75) is 20.3 Å². The molecule has 0 unspecified atom stereocenters. The zero-order valence-corrected chi connectivity index (χ0v) is 8.57. The quantitative estimate of drug-likeness (QED) is 0.705. The van der Waals surface area contributed by atoms with Gasteiger partial charge in [-0.2, -0.15) is 0 Å². The van der Waals surface area contributed by atoms with Crippen LogP contribution in [0.15, 0.2) is 36.7 Å². The van der Waals surface area contributed by atoms with E-state index in [1.54, 1.807) is 0 Å². The molecule has 0 fully saturated rings. The smallest absolute Gasteiger partial charge is 0.110 e. The second kappa shape index (κ2) is 3.66. The Morgan fingerprint density at radius 3 is 2.43 bits per heavy atom. The minimum absolute atomic E-state index is 1.02. The number of aryl methyl sites for hydroxylation is 2. The zero-order valence-electron chi connectivity index (χ0n) is 8.57. The van der Waals surface area contributed by atoms with Crippen molar-refractivity contribution in [1.29, 1.82) is 0 Å². The lowest BCUT2D eigenvalue weighted by Crippen LogP contribution is -1.95. The van der Waals surface area contributed by atoms with E-state index in [0.717, 1.165) is 12.2 Å². The highest BCUT2D eigenvalue weighted by Gasteiger charge is 1.99. The van der Waals surface area contributed by atoms with Crippen LogP contribution >= 0.6 is 0 Å². The normalized spacial score (nSPS) is 10.4. The summed E-state index contributed by atoms with van der Waals surface area (Å²) in [7, 11) is 0. The van der Waals surface area contributed by atoms with Gasteiger partial charge in [-0.25, -0.2) is 4.98 Å². The average Bonchev–Trinajstić information content (AvgIpc) is 2.65. The van der Waals surface area contributed by atoms with E-state index in [1.165, 1.54) is 11.3 Å². The first-order valence-electron chi connectivity index (χ1n) is 4.90. The van der Waals surface area contributed by atoms with Crippen LogP contribution in [0, 0.1) is 6.92 Å². The van der Waals surface area contributed by atoms with Crippen molar-refractivity contribution in [3.8, 4) is 5.69 Å². The molecular formula is C12H14N2. The molecule has 0 saturated carbocycles. The predicted molar refractivity (Wildman–Crippen MR) is 57.7 cm³/mol. The molecule has 1 aromatic heterocycles. The van der Waals surface area contributed by atoms with Crippen LogP contribution in [0.1, 0.15) is 18.3 Å². The van der Waals surface area contributed by atoms with Crippen molar-refractivity contribution in [2.75, 3.05) is 0 Å². The van der Waals surface area contributed by atoms with Crippen molar-refractivity contribution in [3.05, 3.63) is 48.0 Å². The summed E-state index contributed by atoms with van der Waals surface area (Å²) in [5.74, 6) is 1.02. The summed E-state index contributed by atoms with van der Waals surface area (Å²) in [4.78, 5) is 4.20. The Balaban J connectivity index is 2.39. The number of nitrogens with zero attached hydrogens (tertiary/aromatic N) is 2. The van der Waals surface area contributed by atoms with E-state index in [0.29, 0.717) is 0 Å². The molecule has 2 nitrogen and oxygen atoms in total. The SMILES string of the molecule is CCc1ccc(-n2ccnc2C)cc1. The van der Waals surface area contributed by atoms with E-state index in [-0.39, 0.29) is 0 Å². The molecule has 0 saturated heterocycles. The Bertz CT molecular complexity index is 412. The van der Waals surface area contributed by atoms with Crippen molar-refractivity contribution in [2.24, 2.45) is 0 Å².